The van der Waals surface area contributed by atoms with Crippen LogP contribution in [0.3, 0.4) is 0 Å². The van der Waals surface area contributed by atoms with Crippen LogP contribution < -0.4 is 4.74 Å². The maximum Gasteiger partial charge on any atom is 0.193 e. The van der Waals surface area contributed by atoms with Gasteiger partial charge < -0.3 is 4.74 Å². The molecule has 0 spiro atoms. The molecule has 0 aliphatic carbocycles. The summed E-state index contributed by atoms with van der Waals surface area (Å²) in [4.78, 5) is 9.18. The van der Waals surface area contributed by atoms with Crippen LogP contribution in [0, 0.1) is 13.8 Å². The predicted molar refractivity (Wildman–Crippen MR) is 103 cm³/mol. The zero-order valence-corrected chi connectivity index (χ0v) is 15.6. The molecule has 0 fully saturated rings. The van der Waals surface area contributed by atoms with E-state index < -0.39 is 0 Å². The number of benzene rings is 1. The molecule has 4 rings (SSSR count). The van der Waals surface area contributed by atoms with E-state index in [0.717, 1.165) is 38.5 Å². The number of ether oxygens (including phenoxy) is 1. The molecule has 0 bridgehead atoms. The lowest BCUT2D eigenvalue weighted by molar-refractivity contribution is 0.305. The summed E-state index contributed by atoms with van der Waals surface area (Å²) < 4.78 is 7.97. The summed E-state index contributed by atoms with van der Waals surface area (Å²) in [6, 6.07) is 12.0. The van der Waals surface area contributed by atoms with Gasteiger partial charge in [0.1, 0.15) is 17.4 Å². The van der Waals surface area contributed by atoms with Crippen LogP contribution >= 0.6 is 22.7 Å². The maximum absolute atomic E-state index is 5.79. The van der Waals surface area contributed by atoms with Gasteiger partial charge >= 0.3 is 0 Å². The Hall–Kier alpha value is -2.44. The maximum atomic E-state index is 5.79. The van der Waals surface area contributed by atoms with E-state index in [4.69, 9.17) is 9.72 Å². The third-order valence-corrected chi connectivity index (χ3v) is 5.55. The number of hydrogen-bond donors (Lipinski definition) is 0. The minimum Gasteiger partial charge on any atom is -0.486 e. The largest absolute Gasteiger partial charge is 0.486 e. The van der Waals surface area contributed by atoms with E-state index in [1.165, 1.54) is 0 Å². The van der Waals surface area contributed by atoms with Crippen LogP contribution in [0.2, 0.25) is 0 Å². The Balaban J connectivity index is 1.57. The van der Waals surface area contributed by atoms with Crippen molar-refractivity contribution in [3.63, 3.8) is 0 Å². The highest BCUT2D eigenvalue weighted by Crippen LogP contribution is 2.31. The van der Waals surface area contributed by atoms with E-state index in [1.807, 2.05) is 41.9 Å². The summed E-state index contributed by atoms with van der Waals surface area (Å²) in [7, 11) is 0. The number of para-hydroxylation sites is 1. The van der Waals surface area contributed by atoms with Crippen molar-refractivity contribution in [3.8, 4) is 22.1 Å². The first-order valence-electron chi connectivity index (χ1n) is 7.94. The summed E-state index contributed by atoms with van der Waals surface area (Å²) in [5.74, 6) is 0.862. The molecule has 0 aliphatic rings. The van der Waals surface area contributed by atoms with Gasteiger partial charge in [0.05, 0.1) is 5.69 Å². The molecular weight excluding hydrogens is 350 g/mol. The van der Waals surface area contributed by atoms with Crippen LogP contribution in [0.4, 0.5) is 0 Å². The molecule has 1 aromatic carbocycles. The SMILES string of the molecule is Cc1cc(-c2csc(COc3ccccc3)n2)c(C)n1-c1nccs1. The second-order valence-electron chi connectivity index (χ2n) is 5.66. The zero-order chi connectivity index (χ0) is 17.2. The van der Waals surface area contributed by atoms with Gasteiger partial charge in [-0.15, -0.1) is 22.7 Å². The summed E-state index contributed by atoms with van der Waals surface area (Å²) in [6.45, 7) is 4.70. The molecule has 0 atom stereocenters. The molecular formula is C19H17N3OS2. The van der Waals surface area contributed by atoms with Gasteiger partial charge in [-0.1, -0.05) is 18.2 Å². The Labute approximate surface area is 154 Å². The minimum atomic E-state index is 0.486. The normalized spacial score (nSPS) is 11.0. The van der Waals surface area contributed by atoms with Crippen molar-refractivity contribution in [2.75, 3.05) is 0 Å². The molecule has 0 amide bonds. The van der Waals surface area contributed by atoms with E-state index in [2.05, 4.69) is 34.8 Å². The van der Waals surface area contributed by atoms with E-state index >= 15 is 0 Å². The average molecular weight is 367 g/mol. The molecule has 0 saturated carbocycles. The summed E-state index contributed by atoms with van der Waals surface area (Å²) >= 11 is 3.26. The standard InChI is InChI=1S/C19H17N3OS2/c1-13-10-16(14(2)22(13)19-20-8-9-24-19)17-12-25-18(21-17)11-23-15-6-4-3-5-7-15/h3-10,12H,11H2,1-2H3. The highest BCUT2D eigenvalue weighted by atomic mass is 32.1. The Bertz CT molecular complexity index is 972. The van der Waals surface area contributed by atoms with Crippen molar-refractivity contribution in [1.82, 2.24) is 14.5 Å². The van der Waals surface area contributed by atoms with Gasteiger partial charge in [0.15, 0.2) is 5.13 Å². The summed E-state index contributed by atoms with van der Waals surface area (Å²) in [6.07, 6.45) is 1.83. The number of aromatic nitrogens is 3. The number of nitrogens with zero attached hydrogens (tertiary/aromatic N) is 3. The second kappa shape index (κ2) is 6.82. The minimum absolute atomic E-state index is 0.486. The fraction of sp³-hybridized carbons (Fsp3) is 0.158. The Morgan fingerprint density at radius 3 is 2.72 bits per heavy atom. The number of thiazole rings is 2. The van der Waals surface area contributed by atoms with Gasteiger partial charge in [0.25, 0.3) is 0 Å². The topological polar surface area (TPSA) is 39.9 Å². The average Bonchev–Trinajstić information content (AvgIpc) is 3.35. The fourth-order valence-corrected chi connectivity index (χ4v) is 4.26. The van der Waals surface area contributed by atoms with Crippen LogP contribution in [0.25, 0.3) is 16.4 Å². The van der Waals surface area contributed by atoms with Gasteiger partial charge in [-0.05, 0) is 32.0 Å². The Morgan fingerprint density at radius 1 is 1.12 bits per heavy atom. The van der Waals surface area contributed by atoms with Crippen molar-refractivity contribution in [3.05, 3.63) is 69.8 Å². The van der Waals surface area contributed by atoms with E-state index in [0.29, 0.717) is 6.61 Å². The first kappa shape index (κ1) is 16.1. The first-order valence-corrected chi connectivity index (χ1v) is 9.70. The van der Waals surface area contributed by atoms with Crippen molar-refractivity contribution >= 4 is 22.7 Å². The molecule has 126 valence electrons. The Morgan fingerprint density at radius 2 is 1.96 bits per heavy atom. The summed E-state index contributed by atoms with van der Waals surface area (Å²) in [5.41, 5.74) is 4.47. The first-order chi connectivity index (χ1) is 12.2. The fourth-order valence-electron chi connectivity index (χ4n) is 2.81. The molecule has 3 heterocycles. The van der Waals surface area contributed by atoms with Crippen LogP contribution in [-0.4, -0.2) is 14.5 Å². The summed E-state index contributed by atoms with van der Waals surface area (Å²) in [5, 5.41) is 6.05. The van der Waals surface area contributed by atoms with Crippen molar-refractivity contribution in [2.45, 2.75) is 20.5 Å². The molecule has 4 nitrogen and oxygen atoms in total. The molecule has 0 unspecified atom stereocenters. The van der Waals surface area contributed by atoms with Gasteiger partial charge in [0, 0.05) is 33.9 Å². The van der Waals surface area contributed by atoms with Gasteiger partial charge in [-0.25, -0.2) is 9.97 Å². The van der Waals surface area contributed by atoms with Crippen LogP contribution in [0.15, 0.2) is 53.4 Å². The molecule has 0 radical (unpaired) electrons. The molecule has 3 aromatic heterocycles. The van der Waals surface area contributed by atoms with Crippen molar-refractivity contribution < 1.29 is 4.74 Å². The second-order valence-corrected chi connectivity index (χ2v) is 7.48. The third-order valence-electron chi connectivity index (χ3n) is 3.97. The van der Waals surface area contributed by atoms with Crippen LogP contribution in [0.5, 0.6) is 5.75 Å². The third kappa shape index (κ3) is 3.23. The highest BCUT2D eigenvalue weighted by molar-refractivity contribution is 7.12. The smallest absolute Gasteiger partial charge is 0.193 e. The number of hydrogen-bond acceptors (Lipinski definition) is 5. The molecule has 25 heavy (non-hydrogen) atoms. The lowest BCUT2D eigenvalue weighted by Gasteiger charge is -2.05. The molecule has 4 aromatic rings. The van der Waals surface area contributed by atoms with E-state index in [-0.39, 0.29) is 0 Å². The van der Waals surface area contributed by atoms with Gasteiger partial charge in [0.2, 0.25) is 0 Å². The quantitative estimate of drug-likeness (QED) is 0.483. The number of rotatable bonds is 5. The van der Waals surface area contributed by atoms with Crippen molar-refractivity contribution in [2.24, 2.45) is 0 Å². The van der Waals surface area contributed by atoms with E-state index in [9.17, 15) is 0 Å². The van der Waals surface area contributed by atoms with E-state index in [1.54, 1.807) is 22.7 Å². The number of aryl methyl sites for hydroxylation is 1. The molecule has 0 saturated heterocycles. The van der Waals surface area contributed by atoms with Gasteiger partial charge in [-0.3, -0.25) is 4.57 Å². The molecule has 0 aliphatic heterocycles. The van der Waals surface area contributed by atoms with Crippen LogP contribution in [-0.2, 0) is 6.61 Å². The van der Waals surface area contributed by atoms with Crippen LogP contribution in [0.1, 0.15) is 16.4 Å². The zero-order valence-electron chi connectivity index (χ0n) is 14.0. The highest BCUT2D eigenvalue weighted by Gasteiger charge is 2.16. The monoisotopic (exact) mass is 367 g/mol. The lowest BCUT2D eigenvalue weighted by Crippen LogP contribution is -1.98. The predicted octanol–water partition coefficient (Wildman–Crippen LogP) is 5.25. The van der Waals surface area contributed by atoms with Gasteiger partial charge in [-0.2, -0.15) is 0 Å². The Kier molecular flexibility index (Phi) is 4.38. The van der Waals surface area contributed by atoms with Crippen molar-refractivity contribution in [1.29, 1.82) is 0 Å². The molecule has 0 N–H and O–H groups in total. The molecule has 6 heteroatoms. The lowest BCUT2D eigenvalue weighted by atomic mass is 10.2.